The van der Waals surface area contributed by atoms with Gasteiger partial charge in [0, 0.05) is 12.6 Å². The third-order valence-corrected chi connectivity index (χ3v) is 4.83. The first kappa shape index (κ1) is 12.4. The van der Waals surface area contributed by atoms with Crippen molar-refractivity contribution < 1.29 is 0 Å². The minimum atomic E-state index is 0.453. The molecule has 1 saturated carbocycles. The minimum Gasteiger partial charge on any atom is -0.330 e. The summed E-state index contributed by atoms with van der Waals surface area (Å²) in [4.78, 5) is 2.69. The molecule has 0 radical (unpaired) electrons. The lowest BCUT2D eigenvalue weighted by atomic mass is 9.79. The topological polar surface area (TPSA) is 29.3 Å². The van der Waals surface area contributed by atoms with E-state index in [2.05, 4.69) is 11.8 Å². The van der Waals surface area contributed by atoms with Crippen LogP contribution in [-0.2, 0) is 0 Å². The van der Waals surface area contributed by atoms with Crippen LogP contribution in [0, 0.1) is 5.41 Å². The van der Waals surface area contributed by atoms with Crippen molar-refractivity contribution in [3.8, 4) is 0 Å². The van der Waals surface area contributed by atoms with E-state index in [1.54, 1.807) is 0 Å². The lowest BCUT2D eigenvalue weighted by Crippen LogP contribution is -2.43. The highest BCUT2D eigenvalue weighted by molar-refractivity contribution is 4.88. The van der Waals surface area contributed by atoms with E-state index in [1.165, 1.54) is 64.5 Å². The molecule has 0 spiro atoms. The van der Waals surface area contributed by atoms with Gasteiger partial charge < -0.3 is 10.6 Å². The average Bonchev–Trinajstić information content (AvgIpc) is 2.56. The first-order valence-electron chi connectivity index (χ1n) is 7.20. The van der Waals surface area contributed by atoms with Crippen molar-refractivity contribution in [3.05, 3.63) is 0 Å². The van der Waals surface area contributed by atoms with Gasteiger partial charge in [-0.3, -0.25) is 0 Å². The second-order valence-corrected chi connectivity index (χ2v) is 6.08. The van der Waals surface area contributed by atoms with Crippen molar-refractivity contribution in [2.75, 3.05) is 19.6 Å². The molecule has 0 bridgehead atoms. The molecule has 1 aliphatic carbocycles. The summed E-state index contributed by atoms with van der Waals surface area (Å²) in [5.74, 6) is 0. The van der Waals surface area contributed by atoms with Crippen molar-refractivity contribution >= 4 is 0 Å². The second-order valence-electron chi connectivity index (χ2n) is 6.08. The standard InChI is InChI=1S/C14H28N2/c1-13-7-6-10-16(13)12-14(11-15)8-4-2-3-5-9-14/h13H,2-12,15H2,1H3. The van der Waals surface area contributed by atoms with Gasteiger partial charge in [0.05, 0.1) is 0 Å². The van der Waals surface area contributed by atoms with Gasteiger partial charge in [-0.2, -0.15) is 0 Å². The molecule has 0 amide bonds. The highest BCUT2D eigenvalue weighted by atomic mass is 15.2. The quantitative estimate of drug-likeness (QED) is 0.747. The number of likely N-dealkylation sites (tertiary alicyclic amines) is 1. The van der Waals surface area contributed by atoms with E-state index in [0.717, 1.165) is 12.6 Å². The van der Waals surface area contributed by atoms with Crippen LogP contribution in [0.5, 0.6) is 0 Å². The third-order valence-electron chi connectivity index (χ3n) is 4.83. The monoisotopic (exact) mass is 224 g/mol. The summed E-state index contributed by atoms with van der Waals surface area (Å²) in [5.41, 5.74) is 6.56. The first-order chi connectivity index (χ1) is 7.76. The van der Waals surface area contributed by atoms with Crippen molar-refractivity contribution in [1.82, 2.24) is 4.90 Å². The van der Waals surface area contributed by atoms with Gasteiger partial charge in [0.2, 0.25) is 0 Å². The second kappa shape index (κ2) is 5.50. The molecule has 1 unspecified atom stereocenters. The largest absolute Gasteiger partial charge is 0.330 e. The first-order valence-corrected chi connectivity index (χ1v) is 7.20. The fraction of sp³-hybridized carbons (Fsp3) is 1.00. The zero-order chi connectivity index (χ0) is 11.4. The third kappa shape index (κ3) is 2.78. The number of hydrogen-bond acceptors (Lipinski definition) is 2. The molecule has 0 aromatic carbocycles. The van der Waals surface area contributed by atoms with Crippen LogP contribution < -0.4 is 5.73 Å². The van der Waals surface area contributed by atoms with E-state index in [-0.39, 0.29) is 0 Å². The maximum Gasteiger partial charge on any atom is 0.00676 e. The number of nitrogens with two attached hydrogens (primary N) is 1. The van der Waals surface area contributed by atoms with Gasteiger partial charge in [-0.1, -0.05) is 25.7 Å². The van der Waals surface area contributed by atoms with E-state index < -0.39 is 0 Å². The van der Waals surface area contributed by atoms with Crippen LogP contribution in [-0.4, -0.2) is 30.6 Å². The van der Waals surface area contributed by atoms with E-state index in [9.17, 15) is 0 Å². The van der Waals surface area contributed by atoms with Crippen LogP contribution in [0.4, 0.5) is 0 Å². The molecule has 94 valence electrons. The summed E-state index contributed by atoms with van der Waals surface area (Å²) in [7, 11) is 0. The Morgan fingerprint density at radius 2 is 1.81 bits per heavy atom. The van der Waals surface area contributed by atoms with Crippen molar-refractivity contribution in [2.45, 2.75) is 64.3 Å². The van der Waals surface area contributed by atoms with Crippen molar-refractivity contribution in [1.29, 1.82) is 0 Å². The molecule has 1 atom stereocenters. The maximum absolute atomic E-state index is 6.10. The lowest BCUT2D eigenvalue weighted by Gasteiger charge is -2.37. The molecular formula is C14H28N2. The zero-order valence-corrected chi connectivity index (χ0v) is 10.9. The lowest BCUT2D eigenvalue weighted by molar-refractivity contribution is 0.131. The summed E-state index contributed by atoms with van der Waals surface area (Å²) in [6.07, 6.45) is 11.2. The van der Waals surface area contributed by atoms with Crippen LogP contribution in [0.15, 0.2) is 0 Å². The Morgan fingerprint density at radius 1 is 1.12 bits per heavy atom. The molecule has 0 aromatic rings. The molecule has 2 rings (SSSR count). The van der Waals surface area contributed by atoms with Crippen LogP contribution >= 0.6 is 0 Å². The Kier molecular flexibility index (Phi) is 4.26. The number of rotatable bonds is 3. The van der Waals surface area contributed by atoms with Gasteiger partial charge in [-0.05, 0) is 51.1 Å². The normalized spacial score (nSPS) is 31.5. The smallest absolute Gasteiger partial charge is 0.00676 e. The van der Waals surface area contributed by atoms with Crippen LogP contribution in [0.2, 0.25) is 0 Å². The van der Waals surface area contributed by atoms with E-state index in [0.29, 0.717) is 5.41 Å². The Labute approximate surface area is 101 Å². The Morgan fingerprint density at radius 3 is 2.31 bits per heavy atom. The number of hydrogen-bond donors (Lipinski definition) is 1. The maximum atomic E-state index is 6.10. The van der Waals surface area contributed by atoms with Gasteiger partial charge in [-0.25, -0.2) is 0 Å². The highest BCUT2D eigenvalue weighted by Gasteiger charge is 2.34. The Balaban J connectivity index is 1.96. The van der Waals surface area contributed by atoms with Crippen LogP contribution in [0.1, 0.15) is 58.3 Å². The average molecular weight is 224 g/mol. The molecule has 2 nitrogen and oxygen atoms in total. The van der Waals surface area contributed by atoms with Crippen LogP contribution in [0.3, 0.4) is 0 Å². The van der Waals surface area contributed by atoms with E-state index >= 15 is 0 Å². The van der Waals surface area contributed by atoms with E-state index in [1.807, 2.05) is 0 Å². The summed E-state index contributed by atoms with van der Waals surface area (Å²) in [6, 6.07) is 0.798. The van der Waals surface area contributed by atoms with Gasteiger partial charge in [0.15, 0.2) is 0 Å². The molecule has 2 N–H and O–H groups in total. The molecule has 0 aromatic heterocycles. The Bertz CT molecular complexity index is 207. The zero-order valence-electron chi connectivity index (χ0n) is 10.9. The minimum absolute atomic E-state index is 0.453. The molecular weight excluding hydrogens is 196 g/mol. The predicted octanol–water partition coefficient (Wildman–Crippen LogP) is 2.77. The molecule has 2 fully saturated rings. The summed E-state index contributed by atoms with van der Waals surface area (Å²) < 4.78 is 0. The summed E-state index contributed by atoms with van der Waals surface area (Å²) >= 11 is 0. The molecule has 1 saturated heterocycles. The molecule has 1 heterocycles. The Hall–Kier alpha value is -0.0800. The molecule has 2 heteroatoms. The van der Waals surface area contributed by atoms with Crippen molar-refractivity contribution in [2.24, 2.45) is 11.1 Å². The molecule has 1 aliphatic heterocycles. The molecule has 2 aliphatic rings. The van der Waals surface area contributed by atoms with Gasteiger partial charge in [0.1, 0.15) is 0 Å². The van der Waals surface area contributed by atoms with Crippen LogP contribution in [0.25, 0.3) is 0 Å². The fourth-order valence-electron chi connectivity index (χ4n) is 3.56. The summed E-state index contributed by atoms with van der Waals surface area (Å²) in [6.45, 7) is 5.86. The van der Waals surface area contributed by atoms with Crippen molar-refractivity contribution in [3.63, 3.8) is 0 Å². The summed E-state index contributed by atoms with van der Waals surface area (Å²) in [5, 5.41) is 0. The highest BCUT2D eigenvalue weighted by Crippen LogP contribution is 2.36. The van der Waals surface area contributed by atoms with E-state index in [4.69, 9.17) is 5.73 Å². The van der Waals surface area contributed by atoms with Gasteiger partial charge in [0.25, 0.3) is 0 Å². The predicted molar refractivity (Wildman–Crippen MR) is 69.5 cm³/mol. The van der Waals surface area contributed by atoms with Gasteiger partial charge >= 0.3 is 0 Å². The van der Waals surface area contributed by atoms with Gasteiger partial charge in [-0.15, -0.1) is 0 Å². The fourth-order valence-corrected chi connectivity index (χ4v) is 3.56. The SMILES string of the molecule is CC1CCCN1CC1(CN)CCCCCC1. The molecule has 16 heavy (non-hydrogen) atoms. The number of nitrogens with zero attached hydrogens (tertiary/aromatic N) is 1.